The van der Waals surface area contributed by atoms with E-state index in [1.807, 2.05) is 12.1 Å². The SMILES string of the molecule is O=C(O)c1ccc(-c2ccc3cc(O)ccc3n2)s1. The summed E-state index contributed by atoms with van der Waals surface area (Å²) in [6.45, 7) is 0. The minimum atomic E-state index is -0.929. The lowest BCUT2D eigenvalue weighted by molar-refractivity contribution is 0.0702. The van der Waals surface area contributed by atoms with Crippen molar-refractivity contribution in [3.63, 3.8) is 0 Å². The number of rotatable bonds is 2. The third kappa shape index (κ3) is 2.15. The van der Waals surface area contributed by atoms with E-state index in [1.165, 1.54) is 11.3 Å². The maximum absolute atomic E-state index is 10.9. The van der Waals surface area contributed by atoms with Gasteiger partial charge in [0.1, 0.15) is 10.6 Å². The summed E-state index contributed by atoms with van der Waals surface area (Å²) < 4.78 is 0. The zero-order chi connectivity index (χ0) is 13.4. The second-order valence-corrected chi connectivity index (χ2v) is 5.13. The zero-order valence-electron chi connectivity index (χ0n) is 9.70. The molecule has 0 aliphatic heterocycles. The van der Waals surface area contributed by atoms with Crippen molar-refractivity contribution >= 4 is 28.2 Å². The van der Waals surface area contributed by atoms with Gasteiger partial charge in [-0.05, 0) is 36.4 Å². The van der Waals surface area contributed by atoms with Crippen LogP contribution in [0.2, 0.25) is 0 Å². The monoisotopic (exact) mass is 271 g/mol. The summed E-state index contributed by atoms with van der Waals surface area (Å²) in [4.78, 5) is 16.4. The van der Waals surface area contributed by atoms with Crippen molar-refractivity contribution in [3.05, 3.63) is 47.3 Å². The standard InChI is InChI=1S/C14H9NO3S/c16-9-2-4-10-8(7-9)1-3-11(15-10)12-5-6-13(19-12)14(17)18/h1-7,16H,(H,17,18). The first-order valence-corrected chi connectivity index (χ1v) is 6.38. The largest absolute Gasteiger partial charge is 0.508 e. The number of hydrogen-bond donors (Lipinski definition) is 2. The third-order valence-electron chi connectivity index (χ3n) is 2.74. The number of benzene rings is 1. The molecule has 0 saturated carbocycles. The summed E-state index contributed by atoms with van der Waals surface area (Å²) in [5, 5.41) is 19.1. The third-order valence-corrected chi connectivity index (χ3v) is 3.84. The van der Waals surface area contributed by atoms with Crippen LogP contribution in [-0.2, 0) is 0 Å². The van der Waals surface area contributed by atoms with E-state index in [0.717, 1.165) is 21.5 Å². The Kier molecular flexibility index (Phi) is 2.68. The molecular weight excluding hydrogens is 262 g/mol. The Labute approximate surface area is 112 Å². The number of fused-ring (bicyclic) bond motifs is 1. The first-order chi connectivity index (χ1) is 9.13. The van der Waals surface area contributed by atoms with Gasteiger partial charge in [0.2, 0.25) is 0 Å². The molecule has 1 aromatic carbocycles. The fourth-order valence-electron chi connectivity index (χ4n) is 1.84. The molecule has 2 N–H and O–H groups in total. The molecule has 5 heteroatoms. The Morgan fingerprint density at radius 1 is 1.11 bits per heavy atom. The average molecular weight is 271 g/mol. The molecular formula is C14H9NO3S. The predicted octanol–water partition coefficient (Wildman–Crippen LogP) is 3.37. The highest BCUT2D eigenvalue weighted by Crippen LogP contribution is 2.29. The number of phenols is 1. The normalized spacial score (nSPS) is 10.7. The molecule has 0 radical (unpaired) electrons. The number of aromatic nitrogens is 1. The van der Waals surface area contributed by atoms with Gasteiger partial charge in [-0.15, -0.1) is 11.3 Å². The fourth-order valence-corrected chi connectivity index (χ4v) is 2.66. The summed E-state index contributed by atoms with van der Waals surface area (Å²) in [5.74, 6) is -0.728. The van der Waals surface area contributed by atoms with E-state index in [0.29, 0.717) is 4.88 Å². The van der Waals surface area contributed by atoms with Crippen LogP contribution in [0, 0.1) is 0 Å². The van der Waals surface area contributed by atoms with E-state index in [4.69, 9.17) is 5.11 Å². The van der Waals surface area contributed by atoms with Crippen molar-refractivity contribution < 1.29 is 15.0 Å². The molecule has 4 nitrogen and oxygen atoms in total. The van der Waals surface area contributed by atoms with Gasteiger partial charge in [-0.1, -0.05) is 6.07 Å². The Balaban J connectivity index is 2.09. The highest BCUT2D eigenvalue weighted by molar-refractivity contribution is 7.17. The summed E-state index contributed by atoms with van der Waals surface area (Å²) >= 11 is 1.19. The quantitative estimate of drug-likeness (QED) is 0.749. The molecule has 0 aliphatic rings. The summed E-state index contributed by atoms with van der Waals surface area (Å²) in [5.41, 5.74) is 1.50. The number of aromatic carboxylic acids is 1. The molecule has 3 rings (SSSR count). The Morgan fingerprint density at radius 3 is 2.68 bits per heavy atom. The van der Waals surface area contributed by atoms with Gasteiger partial charge < -0.3 is 10.2 Å². The van der Waals surface area contributed by atoms with E-state index in [-0.39, 0.29) is 5.75 Å². The van der Waals surface area contributed by atoms with Crippen molar-refractivity contribution in [2.75, 3.05) is 0 Å². The predicted molar refractivity (Wildman–Crippen MR) is 73.7 cm³/mol. The maximum atomic E-state index is 10.9. The number of aromatic hydroxyl groups is 1. The fraction of sp³-hybridized carbons (Fsp3) is 0. The van der Waals surface area contributed by atoms with Crippen LogP contribution < -0.4 is 0 Å². The van der Waals surface area contributed by atoms with Crippen molar-refractivity contribution in [1.29, 1.82) is 0 Å². The molecule has 19 heavy (non-hydrogen) atoms. The number of carboxylic acid groups (broad SMARTS) is 1. The molecule has 0 fully saturated rings. The lowest BCUT2D eigenvalue weighted by atomic mass is 10.2. The van der Waals surface area contributed by atoms with E-state index >= 15 is 0 Å². The van der Waals surface area contributed by atoms with Crippen molar-refractivity contribution in [2.45, 2.75) is 0 Å². The zero-order valence-corrected chi connectivity index (χ0v) is 10.5. The number of thiophene rings is 1. The van der Waals surface area contributed by atoms with Crippen LogP contribution in [0.15, 0.2) is 42.5 Å². The van der Waals surface area contributed by atoms with Crippen molar-refractivity contribution in [3.8, 4) is 16.3 Å². The van der Waals surface area contributed by atoms with Crippen LogP contribution in [-0.4, -0.2) is 21.2 Å². The molecule has 2 aromatic heterocycles. The second-order valence-electron chi connectivity index (χ2n) is 4.04. The Morgan fingerprint density at radius 2 is 1.95 bits per heavy atom. The lowest BCUT2D eigenvalue weighted by Gasteiger charge is -2.01. The van der Waals surface area contributed by atoms with Crippen molar-refractivity contribution in [2.24, 2.45) is 0 Å². The molecule has 0 aliphatic carbocycles. The lowest BCUT2D eigenvalue weighted by Crippen LogP contribution is -1.89. The minimum Gasteiger partial charge on any atom is -0.508 e. The molecule has 0 spiro atoms. The topological polar surface area (TPSA) is 70.4 Å². The summed E-state index contributed by atoms with van der Waals surface area (Å²) in [7, 11) is 0. The summed E-state index contributed by atoms with van der Waals surface area (Å²) in [6, 6.07) is 12.0. The number of phenolic OH excluding ortho intramolecular Hbond substituents is 1. The van der Waals surface area contributed by atoms with Gasteiger partial charge in [0.05, 0.1) is 16.1 Å². The number of nitrogens with zero attached hydrogens (tertiary/aromatic N) is 1. The van der Waals surface area contributed by atoms with Gasteiger partial charge in [-0.25, -0.2) is 9.78 Å². The number of hydrogen-bond acceptors (Lipinski definition) is 4. The molecule has 0 atom stereocenters. The van der Waals surface area contributed by atoms with Crippen LogP contribution in [0.4, 0.5) is 0 Å². The van der Waals surface area contributed by atoms with Crippen LogP contribution in [0.5, 0.6) is 5.75 Å². The van der Waals surface area contributed by atoms with Crippen LogP contribution in [0.25, 0.3) is 21.5 Å². The van der Waals surface area contributed by atoms with Gasteiger partial charge >= 0.3 is 5.97 Å². The molecule has 0 unspecified atom stereocenters. The van der Waals surface area contributed by atoms with Crippen LogP contribution >= 0.6 is 11.3 Å². The minimum absolute atomic E-state index is 0.200. The highest BCUT2D eigenvalue weighted by Gasteiger charge is 2.09. The smallest absolute Gasteiger partial charge is 0.345 e. The van der Waals surface area contributed by atoms with Gasteiger partial charge in [0, 0.05) is 5.39 Å². The van der Waals surface area contributed by atoms with Gasteiger partial charge in [-0.2, -0.15) is 0 Å². The van der Waals surface area contributed by atoms with E-state index in [1.54, 1.807) is 30.3 Å². The first-order valence-electron chi connectivity index (χ1n) is 5.57. The van der Waals surface area contributed by atoms with Crippen LogP contribution in [0.3, 0.4) is 0 Å². The molecule has 3 aromatic rings. The Bertz CT molecular complexity index is 779. The first kappa shape index (κ1) is 11.7. The number of carbonyl (C=O) groups is 1. The van der Waals surface area contributed by atoms with Gasteiger partial charge in [0.25, 0.3) is 0 Å². The second kappa shape index (κ2) is 4.37. The average Bonchev–Trinajstić information content (AvgIpc) is 2.88. The number of pyridine rings is 1. The molecule has 0 saturated heterocycles. The number of carboxylic acids is 1. The van der Waals surface area contributed by atoms with Gasteiger partial charge in [0.15, 0.2) is 0 Å². The van der Waals surface area contributed by atoms with E-state index < -0.39 is 5.97 Å². The molecule has 94 valence electrons. The maximum Gasteiger partial charge on any atom is 0.345 e. The van der Waals surface area contributed by atoms with Crippen molar-refractivity contribution in [1.82, 2.24) is 4.98 Å². The molecule has 0 amide bonds. The molecule has 0 bridgehead atoms. The highest BCUT2D eigenvalue weighted by atomic mass is 32.1. The van der Waals surface area contributed by atoms with Gasteiger partial charge in [-0.3, -0.25) is 0 Å². The molecule has 2 heterocycles. The Hall–Kier alpha value is -2.40. The van der Waals surface area contributed by atoms with E-state index in [2.05, 4.69) is 4.98 Å². The summed E-state index contributed by atoms with van der Waals surface area (Å²) in [6.07, 6.45) is 0. The van der Waals surface area contributed by atoms with E-state index in [9.17, 15) is 9.90 Å². The van der Waals surface area contributed by atoms with Crippen LogP contribution in [0.1, 0.15) is 9.67 Å².